The number of amides is 1. The minimum atomic E-state index is -1.97. The summed E-state index contributed by atoms with van der Waals surface area (Å²) in [4.78, 5) is 22.2. The summed E-state index contributed by atoms with van der Waals surface area (Å²) >= 11 is 3.22. The fourth-order valence-electron chi connectivity index (χ4n) is 1.06. The van der Waals surface area contributed by atoms with Crippen molar-refractivity contribution in [1.29, 1.82) is 0 Å². The molecule has 1 rings (SSSR count). The summed E-state index contributed by atoms with van der Waals surface area (Å²) in [6, 6.07) is 6.65. The molecule has 3 N–H and O–H groups in total. The first-order chi connectivity index (χ1) is 7.83. The second kappa shape index (κ2) is 5.29. The number of rotatable bonds is 4. The molecule has 17 heavy (non-hydrogen) atoms. The molecular weight excluding hydrogens is 290 g/mol. The van der Waals surface area contributed by atoms with Gasteiger partial charge in [0.1, 0.15) is 0 Å². The van der Waals surface area contributed by atoms with E-state index in [4.69, 9.17) is 5.11 Å². The zero-order valence-electron chi connectivity index (χ0n) is 9.11. The van der Waals surface area contributed by atoms with E-state index in [0.29, 0.717) is 5.56 Å². The molecular formula is C11H12BrNO4. The van der Waals surface area contributed by atoms with Crippen molar-refractivity contribution < 1.29 is 19.8 Å². The molecule has 0 aromatic heterocycles. The van der Waals surface area contributed by atoms with Crippen LogP contribution in [0.25, 0.3) is 0 Å². The molecule has 0 heterocycles. The van der Waals surface area contributed by atoms with Crippen LogP contribution in [0.3, 0.4) is 0 Å². The molecule has 0 fully saturated rings. The molecule has 1 unspecified atom stereocenters. The third kappa shape index (κ3) is 3.83. The number of hydrogen-bond acceptors (Lipinski definition) is 3. The van der Waals surface area contributed by atoms with Gasteiger partial charge >= 0.3 is 5.97 Å². The van der Waals surface area contributed by atoms with E-state index in [9.17, 15) is 14.7 Å². The number of hydrogen-bond donors (Lipinski definition) is 3. The van der Waals surface area contributed by atoms with Gasteiger partial charge in [-0.15, -0.1) is 0 Å². The normalized spacial score (nSPS) is 13.8. The Morgan fingerprint density at radius 1 is 1.47 bits per heavy atom. The van der Waals surface area contributed by atoms with Crippen molar-refractivity contribution in [2.24, 2.45) is 0 Å². The molecule has 92 valence electrons. The zero-order valence-corrected chi connectivity index (χ0v) is 10.7. The summed E-state index contributed by atoms with van der Waals surface area (Å²) < 4.78 is 0.746. The van der Waals surface area contributed by atoms with Gasteiger partial charge in [0.05, 0.1) is 6.54 Å². The van der Waals surface area contributed by atoms with Crippen molar-refractivity contribution in [2.45, 2.75) is 12.5 Å². The van der Waals surface area contributed by atoms with Crippen LogP contribution < -0.4 is 5.32 Å². The summed E-state index contributed by atoms with van der Waals surface area (Å²) in [5.74, 6) is -1.82. The first-order valence-electron chi connectivity index (χ1n) is 4.82. The molecule has 0 radical (unpaired) electrons. The van der Waals surface area contributed by atoms with Crippen molar-refractivity contribution in [3.05, 3.63) is 34.3 Å². The summed E-state index contributed by atoms with van der Waals surface area (Å²) in [6.45, 7) is 0.768. The van der Waals surface area contributed by atoms with Crippen LogP contribution in [0, 0.1) is 0 Å². The highest BCUT2D eigenvalue weighted by molar-refractivity contribution is 9.10. The van der Waals surface area contributed by atoms with E-state index in [-0.39, 0.29) is 6.54 Å². The molecule has 1 aromatic rings. The molecule has 1 amide bonds. The van der Waals surface area contributed by atoms with E-state index in [1.165, 1.54) is 0 Å². The molecule has 1 aromatic carbocycles. The van der Waals surface area contributed by atoms with Gasteiger partial charge in [0.15, 0.2) is 5.60 Å². The van der Waals surface area contributed by atoms with Crippen LogP contribution in [0.2, 0.25) is 0 Å². The summed E-state index contributed by atoms with van der Waals surface area (Å²) in [7, 11) is 0. The lowest BCUT2D eigenvalue weighted by Crippen LogP contribution is -2.46. The topological polar surface area (TPSA) is 86.6 Å². The number of halogens is 1. The maximum Gasteiger partial charge on any atom is 0.337 e. The lowest BCUT2D eigenvalue weighted by Gasteiger charge is -2.18. The highest BCUT2D eigenvalue weighted by Crippen LogP contribution is 2.11. The lowest BCUT2D eigenvalue weighted by molar-refractivity contribution is -0.155. The van der Waals surface area contributed by atoms with Gasteiger partial charge < -0.3 is 15.5 Å². The summed E-state index contributed by atoms with van der Waals surface area (Å²) in [5, 5.41) is 20.4. The number of carboxylic acid groups (broad SMARTS) is 1. The Morgan fingerprint density at radius 3 is 2.65 bits per heavy atom. The second-order valence-corrected chi connectivity index (χ2v) is 4.69. The van der Waals surface area contributed by atoms with Crippen LogP contribution in [0.5, 0.6) is 0 Å². The van der Waals surface area contributed by atoms with E-state index in [1.807, 2.05) is 0 Å². The average molecular weight is 302 g/mol. The Balaban J connectivity index is 2.65. The Morgan fingerprint density at radius 2 is 2.12 bits per heavy atom. The molecule has 1 atom stereocenters. The summed E-state index contributed by atoms with van der Waals surface area (Å²) in [5.41, 5.74) is -1.58. The van der Waals surface area contributed by atoms with Crippen molar-refractivity contribution in [3.63, 3.8) is 0 Å². The van der Waals surface area contributed by atoms with Crippen LogP contribution in [0.15, 0.2) is 28.7 Å². The maximum atomic E-state index is 11.6. The van der Waals surface area contributed by atoms with Crippen molar-refractivity contribution >= 4 is 27.8 Å². The number of carboxylic acids is 1. The molecule has 0 aliphatic rings. The number of nitrogens with one attached hydrogen (secondary N) is 1. The van der Waals surface area contributed by atoms with E-state index in [0.717, 1.165) is 11.4 Å². The van der Waals surface area contributed by atoms with E-state index in [2.05, 4.69) is 21.2 Å². The van der Waals surface area contributed by atoms with Crippen LogP contribution in [-0.4, -0.2) is 34.2 Å². The van der Waals surface area contributed by atoms with E-state index < -0.39 is 17.5 Å². The number of carbonyl (C=O) groups is 2. The molecule has 0 aliphatic heterocycles. The van der Waals surface area contributed by atoms with Gasteiger partial charge in [0.25, 0.3) is 5.91 Å². The largest absolute Gasteiger partial charge is 0.479 e. The molecule has 0 saturated carbocycles. The minimum absolute atomic E-state index is 0.353. The first kappa shape index (κ1) is 13.7. The van der Waals surface area contributed by atoms with Crippen LogP contribution in [-0.2, 0) is 4.79 Å². The fourth-order valence-corrected chi connectivity index (χ4v) is 1.46. The van der Waals surface area contributed by atoms with Gasteiger partial charge in [-0.25, -0.2) is 4.79 Å². The quantitative estimate of drug-likeness (QED) is 0.775. The van der Waals surface area contributed by atoms with E-state index >= 15 is 0 Å². The fraction of sp³-hybridized carbons (Fsp3) is 0.273. The second-order valence-electron chi connectivity index (χ2n) is 3.77. The molecule has 0 spiro atoms. The number of aliphatic hydroxyl groups is 1. The average Bonchev–Trinajstić information content (AvgIpc) is 2.25. The highest BCUT2D eigenvalue weighted by atomic mass is 79.9. The zero-order chi connectivity index (χ0) is 13.1. The number of aliphatic carboxylic acids is 1. The highest BCUT2D eigenvalue weighted by Gasteiger charge is 2.30. The number of carbonyl (C=O) groups excluding carboxylic acids is 1. The molecule has 6 heteroatoms. The van der Waals surface area contributed by atoms with Gasteiger partial charge in [-0.3, -0.25) is 4.79 Å². The van der Waals surface area contributed by atoms with Gasteiger partial charge in [-0.05, 0) is 25.1 Å². The first-order valence-corrected chi connectivity index (χ1v) is 5.62. The van der Waals surface area contributed by atoms with E-state index in [1.54, 1.807) is 24.3 Å². The standard InChI is InChI=1S/C11H12BrNO4/c1-11(17,10(15)16)6-13-9(14)7-3-2-4-8(12)5-7/h2-5,17H,6H2,1H3,(H,13,14)(H,15,16). The minimum Gasteiger partial charge on any atom is -0.479 e. The van der Waals surface area contributed by atoms with Crippen molar-refractivity contribution in [1.82, 2.24) is 5.32 Å². The SMILES string of the molecule is CC(O)(CNC(=O)c1cccc(Br)c1)C(=O)O. The Bertz CT molecular complexity index is 445. The molecule has 0 bridgehead atoms. The molecule has 5 nitrogen and oxygen atoms in total. The Hall–Kier alpha value is -1.40. The smallest absolute Gasteiger partial charge is 0.337 e. The Kier molecular flexibility index (Phi) is 4.25. The maximum absolute atomic E-state index is 11.6. The van der Waals surface area contributed by atoms with Crippen molar-refractivity contribution in [3.8, 4) is 0 Å². The molecule has 0 aliphatic carbocycles. The van der Waals surface area contributed by atoms with Crippen LogP contribution >= 0.6 is 15.9 Å². The third-order valence-electron chi connectivity index (χ3n) is 2.14. The van der Waals surface area contributed by atoms with Gasteiger partial charge in [-0.1, -0.05) is 22.0 Å². The predicted molar refractivity (Wildman–Crippen MR) is 64.7 cm³/mol. The number of benzene rings is 1. The lowest BCUT2D eigenvalue weighted by atomic mass is 10.1. The van der Waals surface area contributed by atoms with Gasteiger partial charge in [0.2, 0.25) is 0 Å². The van der Waals surface area contributed by atoms with Crippen molar-refractivity contribution in [2.75, 3.05) is 6.54 Å². The van der Waals surface area contributed by atoms with Gasteiger partial charge in [-0.2, -0.15) is 0 Å². The summed E-state index contributed by atoms with van der Waals surface area (Å²) in [6.07, 6.45) is 0. The molecule has 0 saturated heterocycles. The predicted octanol–water partition coefficient (Wildman–Crippen LogP) is 1.01. The Labute approximate surface area is 107 Å². The van der Waals surface area contributed by atoms with Crippen LogP contribution in [0.1, 0.15) is 17.3 Å². The van der Waals surface area contributed by atoms with Crippen LogP contribution in [0.4, 0.5) is 0 Å². The van der Waals surface area contributed by atoms with Gasteiger partial charge in [0, 0.05) is 10.0 Å². The monoisotopic (exact) mass is 301 g/mol. The third-order valence-corrected chi connectivity index (χ3v) is 2.63.